The summed E-state index contributed by atoms with van der Waals surface area (Å²) >= 11 is 0. The van der Waals surface area contributed by atoms with E-state index in [9.17, 15) is 0 Å². The zero-order valence-electron chi connectivity index (χ0n) is 8.49. The zero-order valence-corrected chi connectivity index (χ0v) is 10.1. The highest BCUT2D eigenvalue weighted by atomic mass is 35.5. The predicted octanol–water partition coefficient (Wildman–Crippen LogP) is 2.11. The molecule has 0 bridgehead atoms. The quantitative estimate of drug-likeness (QED) is 0.827. The van der Waals surface area contributed by atoms with Crippen LogP contribution in [0.1, 0.15) is 22.7 Å². The van der Waals surface area contributed by atoms with Gasteiger partial charge >= 0.3 is 0 Å². The topological polar surface area (TPSA) is 52.0 Å². The van der Waals surface area contributed by atoms with Crippen LogP contribution in [0.2, 0.25) is 0 Å². The summed E-state index contributed by atoms with van der Waals surface area (Å²) in [4.78, 5) is 0. The van der Waals surface area contributed by atoms with Crippen molar-refractivity contribution in [2.45, 2.75) is 19.9 Å². The third-order valence-electron chi connectivity index (χ3n) is 2.09. The van der Waals surface area contributed by atoms with Crippen LogP contribution in [0.3, 0.4) is 0 Å². The Morgan fingerprint density at radius 2 is 1.79 bits per heavy atom. The standard InChI is InChI=1S/C10H16N2.2ClH/c1-7-3-4-8(2)9(5-7)10(12)6-11;;/h3-5,10H,6,11-12H2,1-2H3;2*1H. The van der Waals surface area contributed by atoms with Gasteiger partial charge in [-0.15, -0.1) is 24.8 Å². The molecule has 1 aromatic carbocycles. The molecule has 0 spiro atoms. The number of hydrogen-bond donors (Lipinski definition) is 2. The van der Waals surface area contributed by atoms with Gasteiger partial charge in [-0.2, -0.15) is 0 Å². The summed E-state index contributed by atoms with van der Waals surface area (Å²) in [7, 11) is 0. The van der Waals surface area contributed by atoms with E-state index in [4.69, 9.17) is 11.5 Å². The Morgan fingerprint density at radius 1 is 1.21 bits per heavy atom. The molecule has 4 heteroatoms. The molecule has 2 nitrogen and oxygen atoms in total. The largest absolute Gasteiger partial charge is 0.329 e. The van der Waals surface area contributed by atoms with Crippen LogP contribution in [0.4, 0.5) is 0 Å². The highest BCUT2D eigenvalue weighted by Gasteiger charge is 2.05. The van der Waals surface area contributed by atoms with E-state index in [1.54, 1.807) is 0 Å². The SMILES string of the molecule is Cc1ccc(C)c(C(N)CN)c1.Cl.Cl. The van der Waals surface area contributed by atoms with Crippen LogP contribution >= 0.6 is 24.8 Å². The van der Waals surface area contributed by atoms with E-state index in [-0.39, 0.29) is 30.9 Å². The van der Waals surface area contributed by atoms with Gasteiger partial charge in [0.15, 0.2) is 0 Å². The van der Waals surface area contributed by atoms with Gasteiger partial charge in [-0.3, -0.25) is 0 Å². The Balaban J connectivity index is 0. The third kappa shape index (κ3) is 3.84. The minimum absolute atomic E-state index is 0. The van der Waals surface area contributed by atoms with E-state index in [1.807, 2.05) is 0 Å². The first-order valence-corrected chi connectivity index (χ1v) is 4.18. The summed E-state index contributed by atoms with van der Waals surface area (Å²) in [5.74, 6) is 0. The fraction of sp³-hybridized carbons (Fsp3) is 0.400. The minimum atomic E-state index is -0.0232. The number of aryl methyl sites for hydroxylation is 2. The van der Waals surface area contributed by atoms with Crippen molar-refractivity contribution in [2.24, 2.45) is 11.5 Å². The van der Waals surface area contributed by atoms with Gasteiger partial charge < -0.3 is 11.5 Å². The highest BCUT2D eigenvalue weighted by Crippen LogP contribution is 2.16. The lowest BCUT2D eigenvalue weighted by molar-refractivity contribution is 0.731. The second kappa shape index (κ2) is 7.07. The number of halogens is 2. The Bertz CT molecular complexity index is 277. The summed E-state index contributed by atoms with van der Waals surface area (Å²) in [6.07, 6.45) is 0. The van der Waals surface area contributed by atoms with Gasteiger partial charge in [0.2, 0.25) is 0 Å². The molecular weight excluding hydrogens is 219 g/mol. The minimum Gasteiger partial charge on any atom is -0.329 e. The van der Waals surface area contributed by atoms with Crippen molar-refractivity contribution in [3.63, 3.8) is 0 Å². The summed E-state index contributed by atoms with van der Waals surface area (Å²) in [6.45, 7) is 4.63. The monoisotopic (exact) mass is 236 g/mol. The lowest BCUT2D eigenvalue weighted by Crippen LogP contribution is -2.21. The smallest absolute Gasteiger partial charge is 0.0422 e. The summed E-state index contributed by atoms with van der Waals surface area (Å²) in [5.41, 5.74) is 15.0. The fourth-order valence-corrected chi connectivity index (χ4v) is 1.29. The molecule has 0 amide bonds. The molecule has 0 aliphatic rings. The average Bonchev–Trinajstić information content (AvgIpc) is 2.08. The summed E-state index contributed by atoms with van der Waals surface area (Å²) in [6, 6.07) is 6.25. The first-order chi connectivity index (χ1) is 5.65. The van der Waals surface area contributed by atoms with Crippen LogP contribution in [0.25, 0.3) is 0 Å². The molecular formula is C10H18Cl2N2. The molecule has 0 aliphatic heterocycles. The molecule has 0 aromatic heterocycles. The van der Waals surface area contributed by atoms with Crippen molar-refractivity contribution in [3.05, 3.63) is 34.9 Å². The molecule has 1 atom stereocenters. The van der Waals surface area contributed by atoms with Crippen molar-refractivity contribution >= 4 is 24.8 Å². The van der Waals surface area contributed by atoms with Gasteiger partial charge in [-0.05, 0) is 25.0 Å². The maximum absolute atomic E-state index is 5.84. The number of nitrogens with two attached hydrogens (primary N) is 2. The van der Waals surface area contributed by atoms with Gasteiger partial charge in [-0.1, -0.05) is 23.8 Å². The second-order valence-electron chi connectivity index (χ2n) is 3.20. The van der Waals surface area contributed by atoms with Gasteiger partial charge in [0.25, 0.3) is 0 Å². The van der Waals surface area contributed by atoms with E-state index >= 15 is 0 Å². The summed E-state index contributed by atoms with van der Waals surface area (Å²) in [5, 5.41) is 0. The second-order valence-corrected chi connectivity index (χ2v) is 3.20. The molecule has 0 radical (unpaired) electrons. The Labute approximate surface area is 97.9 Å². The van der Waals surface area contributed by atoms with Crippen LogP contribution in [-0.4, -0.2) is 6.54 Å². The van der Waals surface area contributed by atoms with Crippen molar-refractivity contribution in [1.82, 2.24) is 0 Å². The molecule has 0 aliphatic carbocycles. The third-order valence-corrected chi connectivity index (χ3v) is 2.09. The maximum atomic E-state index is 5.84. The van der Waals surface area contributed by atoms with Gasteiger partial charge in [-0.25, -0.2) is 0 Å². The molecule has 82 valence electrons. The molecule has 1 aromatic rings. The molecule has 0 saturated heterocycles. The van der Waals surface area contributed by atoms with Crippen LogP contribution in [0.15, 0.2) is 18.2 Å². The van der Waals surface area contributed by atoms with Gasteiger partial charge in [0, 0.05) is 12.6 Å². The van der Waals surface area contributed by atoms with E-state index in [0.29, 0.717) is 6.54 Å². The molecule has 0 saturated carbocycles. The van der Waals surface area contributed by atoms with Crippen molar-refractivity contribution < 1.29 is 0 Å². The number of hydrogen-bond acceptors (Lipinski definition) is 2. The molecule has 1 rings (SSSR count). The van der Waals surface area contributed by atoms with Gasteiger partial charge in [0.05, 0.1) is 0 Å². The van der Waals surface area contributed by atoms with Crippen LogP contribution < -0.4 is 11.5 Å². The van der Waals surface area contributed by atoms with E-state index in [0.717, 1.165) is 5.56 Å². The molecule has 0 heterocycles. The number of rotatable bonds is 2. The molecule has 0 fully saturated rings. The van der Waals surface area contributed by atoms with Crippen molar-refractivity contribution in [2.75, 3.05) is 6.54 Å². The number of benzene rings is 1. The van der Waals surface area contributed by atoms with E-state index < -0.39 is 0 Å². The van der Waals surface area contributed by atoms with Crippen LogP contribution in [0, 0.1) is 13.8 Å². The molecule has 4 N–H and O–H groups in total. The van der Waals surface area contributed by atoms with Gasteiger partial charge in [0.1, 0.15) is 0 Å². The van der Waals surface area contributed by atoms with Crippen LogP contribution in [-0.2, 0) is 0 Å². The first kappa shape index (κ1) is 16.2. The van der Waals surface area contributed by atoms with Crippen LogP contribution in [0.5, 0.6) is 0 Å². The van der Waals surface area contributed by atoms with E-state index in [1.165, 1.54) is 11.1 Å². The molecule has 1 unspecified atom stereocenters. The maximum Gasteiger partial charge on any atom is 0.0422 e. The van der Waals surface area contributed by atoms with Crippen molar-refractivity contribution in [3.8, 4) is 0 Å². The fourth-order valence-electron chi connectivity index (χ4n) is 1.29. The predicted molar refractivity (Wildman–Crippen MR) is 66.4 cm³/mol. The first-order valence-electron chi connectivity index (χ1n) is 4.18. The lowest BCUT2D eigenvalue weighted by atomic mass is 10.00. The average molecular weight is 237 g/mol. The molecule has 14 heavy (non-hydrogen) atoms. The Kier molecular flexibility index (Phi) is 8.16. The Hall–Kier alpha value is -0.280. The zero-order chi connectivity index (χ0) is 9.14. The lowest BCUT2D eigenvalue weighted by Gasteiger charge is -2.12. The van der Waals surface area contributed by atoms with E-state index in [2.05, 4.69) is 32.0 Å². The Morgan fingerprint density at radius 3 is 2.29 bits per heavy atom. The van der Waals surface area contributed by atoms with Crippen molar-refractivity contribution in [1.29, 1.82) is 0 Å². The summed E-state index contributed by atoms with van der Waals surface area (Å²) < 4.78 is 0. The normalized spacial score (nSPS) is 11.1. The highest BCUT2D eigenvalue weighted by molar-refractivity contribution is 5.85.